The molecule has 0 spiro atoms. The summed E-state index contributed by atoms with van der Waals surface area (Å²) in [6, 6.07) is 0. The molecule has 0 radical (unpaired) electrons. The quantitative estimate of drug-likeness (QED) is 0.406. The van der Waals surface area contributed by atoms with Gasteiger partial charge in [0.15, 0.2) is 0 Å². The molecule has 0 aromatic rings. The second-order valence-corrected chi connectivity index (χ2v) is 12.3. The molecule has 0 unspecified atom stereocenters. The van der Waals surface area contributed by atoms with Crippen molar-refractivity contribution in [1.29, 1.82) is 0 Å². The summed E-state index contributed by atoms with van der Waals surface area (Å²) in [5.74, 6) is 0. The van der Waals surface area contributed by atoms with E-state index in [1.165, 1.54) is 0 Å². The Labute approximate surface area is 44.6 Å². The number of hydrogen-bond acceptors (Lipinski definition) is 3. The second-order valence-electron chi connectivity index (χ2n) is 0.204. The van der Waals surface area contributed by atoms with Gasteiger partial charge in [-0.2, -0.15) is 0 Å². The van der Waals surface area contributed by atoms with E-state index in [9.17, 15) is 0 Å². The fraction of sp³-hybridized carbons (Fsp3) is 0. The van der Waals surface area contributed by atoms with Crippen LogP contribution in [0.4, 0.5) is 0 Å². The molecule has 26 valence electrons. The molecule has 0 aliphatic carbocycles. The second kappa shape index (κ2) is 3.05. The van der Waals surface area contributed by atoms with E-state index in [1.54, 1.807) is 0 Å². The first-order valence-corrected chi connectivity index (χ1v) is 10.1. The molecule has 0 atom stereocenters. The van der Waals surface area contributed by atoms with Gasteiger partial charge in [-0.3, -0.25) is 0 Å². The third-order valence-corrected chi connectivity index (χ3v) is 0. The van der Waals surface area contributed by atoms with Crippen LogP contribution in [-0.2, 0) is 29.6 Å². The molecular formula is S3Te-2. The molecule has 0 saturated carbocycles. The van der Waals surface area contributed by atoms with Crippen molar-refractivity contribution < 1.29 is 0 Å². The Morgan fingerprint density at radius 3 is 1.00 bits per heavy atom. The van der Waals surface area contributed by atoms with Gasteiger partial charge in [0.1, 0.15) is 0 Å². The topological polar surface area (TPSA) is 0 Å². The Bertz CT molecular complexity index is 8.00. The van der Waals surface area contributed by atoms with Crippen molar-refractivity contribution in [3.63, 3.8) is 0 Å². The fourth-order valence-electron chi connectivity index (χ4n) is 0. The Kier molecular flexibility index (Phi) is 4.45. The standard InChI is InChI=1S/H2S3Te/c1-4(2)3/h(H2,1,2,3)/p-2. The minimum atomic E-state index is -1.61. The maximum atomic E-state index is 4.42. The van der Waals surface area contributed by atoms with E-state index in [2.05, 4.69) is 29.6 Å². The average Bonchev–Trinajstić information content (AvgIpc) is 0.811. The van der Waals surface area contributed by atoms with Crippen LogP contribution >= 0.6 is 0 Å². The predicted molar refractivity (Wildman–Crippen MR) is 27.8 cm³/mol. The molecule has 0 saturated heterocycles. The maximum absolute atomic E-state index is 4.42. The summed E-state index contributed by atoms with van der Waals surface area (Å²) in [6.45, 7) is 0. The molecular weight excluding hydrogens is 224 g/mol. The Morgan fingerprint density at radius 1 is 1.00 bits per heavy atom. The van der Waals surface area contributed by atoms with Gasteiger partial charge in [-0.05, 0) is 0 Å². The predicted octanol–water partition coefficient (Wildman–Crippen LogP) is -0.388. The van der Waals surface area contributed by atoms with E-state index in [4.69, 9.17) is 0 Å². The molecule has 0 aliphatic rings. The van der Waals surface area contributed by atoms with Crippen molar-refractivity contribution in [2.75, 3.05) is 0 Å². The Balaban J connectivity index is 2.32. The van der Waals surface area contributed by atoms with Crippen LogP contribution in [0.3, 0.4) is 0 Å². The molecule has 0 aromatic carbocycles. The van der Waals surface area contributed by atoms with Gasteiger partial charge in [0.25, 0.3) is 0 Å². The third kappa shape index (κ3) is 9.15. The van der Waals surface area contributed by atoms with Crippen molar-refractivity contribution in [2.45, 2.75) is 0 Å². The number of rotatable bonds is 0. The summed E-state index contributed by atoms with van der Waals surface area (Å²) in [5.41, 5.74) is 0. The molecule has 0 aromatic heterocycles. The van der Waals surface area contributed by atoms with E-state index < -0.39 is 15.4 Å². The monoisotopic (exact) mass is 226 g/mol. The van der Waals surface area contributed by atoms with E-state index in [1.807, 2.05) is 0 Å². The zero-order valence-corrected chi connectivity index (χ0v) is 6.41. The first kappa shape index (κ1) is 5.84. The summed E-state index contributed by atoms with van der Waals surface area (Å²) in [6.07, 6.45) is 0. The van der Waals surface area contributed by atoms with E-state index in [0.29, 0.717) is 0 Å². The van der Waals surface area contributed by atoms with Crippen molar-refractivity contribution in [3.8, 4) is 0 Å². The van der Waals surface area contributed by atoms with Crippen LogP contribution in [0.15, 0.2) is 0 Å². The molecule has 0 fully saturated rings. The normalized spacial score (nSPS) is 9.00. The van der Waals surface area contributed by atoms with Crippen LogP contribution in [-0.4, -0.2) is 15.4 Å². The van der Waals surface area contributed by atoms with E-state index in [0.717, 1.165) is 0 Å². The average molecular weight is 224 g/mol. The fourth-order valence-corrected chi connectivity index (χ4v) is 0. The zero-order chi connectivity index (χ0) is 3.58. The van der Waals surface area contributed by atoms with Crippen molar-refractivity contribution >= 4 is 45.0 Å². The molecule has 0 heterocycles. The van der Waals surface area contributed by atoms with Gasteiger partial charge in [0.05, 0.1) is 0 Å². The molecule has 0 aliphatic heterocycles. The molecule has 0 nitrogen and oxygen atoms in total. The summed E-state index contributed by atoms with van der Waals surface area (Å²) in [4.78, 5) is 0. The zero-order valence-electron chi connectivity index (χ0n) is 1.63. The van der Waals surface area contributed by atoms with Crippen molar-refractivity contribution in [3.05, 3.63) is 0 Å². The van der Waals surface area contributed by atoms with E-state index >= 15 is 0 Å². The van der Waals surface area contributed by atoms with Crippen LogP contribution in [0.2, 0.25) is 0 Å². The van der Waals surface area contributed by atoms with Gasteiger partial charge in [-0.15, -0.1) is 0 Å². The van der Waals surface area contributed by atoms with Crippen LogP contribution in [0.1, 0.15) is 0 Å². The van der Waals surface area contributed by atoms with Crippen molar-refractivity contribution in [2.24, 2.45) is 0 Å². The molecule has 4 heteroatoms. The Morgan fingerprint density at radius 2 is 1.00 bits per heavy atom. The van der Waals surface area contributed by atoms with Gasteiger partial charge in [0, 0.05) is 0 Å². The van der Waals surface area contributed by atoms with Gasteiger partial charge >= 0.3 is 45.0 Å². The van der Waals surface area contributed by atoms with Gasteiger partial charge in [-0.25, -0.2) is 0 Å². The van der Waals surface area contributed by atoms with Crippen LogP contribution in [0.25, 0.3) is 0 Å². The van der Waals surface area contributed by atoms with Gasteiger partial charge in [0.2, 0.25) is 0 Å². The third-order valence-electron chi connectivity index (χ3n) is 0. The summed E-state index contributed by atoms with van der Waals surface area (Å²) in [7, 11) is 13.3. The SMILES string of the molecule is [S-][Te+]([S-])[S-]. The molecule has 0 amide bonds. The van der Waals surface area contributed by atoms with Crippen LogP contribution in [0, 0.1) is 0 Å². The van der Waals surface area contributed by atoms with Crippen LogP contribution < -0.4 is 0 Å². The molecule has 0 N–H and O–H groups in total. The van der Waals surface area contributed by atoms with Crippen molar-refractivity contribution in [1.82, 2.24) is 0 Å². The molecule has 0 rings (SSSR count). The molecule has 0 bridgehead atoms. The number of hydrogen-bond donors (Lipinski definition) is 0. The summed E-state index contributed by atoms with van der Waals surface area (Å²) in [5, 5.41) is 0. The van der Waals surface area contributed by atoms with Gasteiger partial charge < -0.3 is 0 Å². The first-order valence-electron chi connectivity index (χ1n) is 0.500. The van der Waals surface area contributed by atoms with E-state index in [-0.39, 0.29) is 0 Å². The van der Waals surface area contributed by atoms with Gasteiger partial charge in [-0.1, -0.05) is 0 Å². The Hall–Kier alpha value is 1.84. The first-order chi connectivity index (χ1) is 1.73. The summed E-state index contributed by atoms with van der Waals surface area (Å²) >= 11 is -1.61. The summed E-state index contributed by atoms with van der Waals surface area (Å²) < 4.78 is 0. The van der Waals surface area contributed by atoms with Crippen LogP contribution in [0.5, 0.6) is 0 Å². The molecule has 4 heavy (non-hydrogen) atoms. The minimum absolute atomic E-state index is 1.61.